The molecule has 1 aromatic rings. The second kappa shape index (κ2) is 9.57. The van der Waals surface area contributed by atoms with Gasteiger partial charge in [0.05, 0.1) is 0 Å². The predicted octanol–water partition coefficient (Wildman–Crippen LogP) is 1.37. The highest BCUT2D eigenvalue weighted by Crippen LogP contribution is 2.16. The first-order valence-electron chi connectivity index (χ1n) is 9.80. The lowest BCUT2D eigenvalue weighted by Gasteiger charge is -2.36. The Morgan fingerprint density at radius 1 is 1.12 bits per heavy atom. The van der Waals surface area contributed by atoms with E-state index in [1.54, 1.807) is 0 Å². The summed E-state index contributed by atoms with van der Waals surface area (Å²) < 4.78 is 0. The number of amides is 2. The molecule has 2 aliphatic rings. The smallest absolute Gasteiger partial charge is 0.222 e. The van der Waals surface area contributed by atoms with E-state index in [-0.39, 0.29) is 11.8 Å². The Balaban J connectivity index is 1.29. The summed E-state index contributed by atoms with van der Waals surface area (Å²) >= 11 is 0. The Morgan fingerprint density at radius 2 is 1.88 bits per heavy atom. The van der Waals surface area contributed by atoms with Crippen LogP contribution in [0.1, 0.15) is 32.1 Å². The fourth-order valence-corrected chi connectivity index (χ4v) is 3.71. The number of piperazine rings is 1. The molecular formula is C20H30N4O2. The normalized spacial score (nSPS) is 20.2. The van der Waals surface area contributed by atoms with Gasteiger partial charge in [-0.2, -0.15) is 0 Å². The van der Waals surface area contributed by atoms with Crippen LogP contribution >= 0.6 is 0 Å². The number of carbonyl (C=O) groups is 2. The molecule has 3 rings (SSSR count). The molecule has 2 heterocycles. The number of hydrogen-bond acceptors (Lipinski definition) is 4. The van der Waals surface area contributed by atoms with Crippen molar-refractivity contribution >= 4 is 17.5 Å². The Labute approximate surface area is 155 Å². The SMILES string of the molecule is O=C(CC1CCCN1)NCCCC(=O)N1CCN(c2ccccc2)CC1. The monoisotopic (exact) mass is 358 g/mol. The number of anilines is 1. The van der Waals surface area contributed by atoms with Crippen LogP contribution in [0.4, 0.5) is 5.69 Å². The van der Waals surface area contributed by atoms with Crippen molar-refractivity contribution in [1.29, 1.82) is 0 Å². The van der Waals surface area contributed by atoms with Gasteiger partial charge in [0.2, 0.25) is 11.8 Å². The number of rotatable bonds is 7. The highest BCUT2D eigenvalue weighted by atomic mass is 16.2. The van der Waals surface area contributed by atoms with Gasteiger partial charge >= 0.3 is 0 Å². The molecule has 1 atom stereocenters. The number of carbonyl (C=O) groups excluding carboxylic acids is 2. The highest BCUT2D eigenvalue weighted by Gasteiger charge is 2.21. The molecule has 0 aromatic heterocycles. The van der Waals surface area contributed by atoms with Crippen molar-refractivity contribution in [3.8, 4) is 0 Å². The average molecular weight is 358 g/mol. The third-order valence-corrected chi connectivity index (χ3v) is 5.24. The Hall–Kier alpha value is -2.08. The fourth-order valence-electron chi connectivity index (χ4n) is 3.71. The lowest BCUT2D eigenvalue weighted by atomic mass is 10.1. The number of hydrogen-bond donors (Lipinski definition) is 2. The minimum absolute atomic E-state index is 0.0910. The van der Waals surface area contributed by atoms with Crippen LogP contribution in [0.25, 0.3) is 0 Å². The molecule has 2 aliphatic heterocycles. The number of nitrogens with zero attached hydrogens (tertiary/aromatic N) is 2. The van der Waals surface area contributed by atoms with Crippen LogP contribution in [0, 0.1) is 0 Å². The van der Waals surface area contributed by atoms with E-state index in [0.29, 0.717) is 31.8 Å². The van der Waals surface area contributed by atoms with Gasteiger partial charge in [0.1, 0.15) is 0 Å². The van der Waals surface area contributed by atoms with Gasteiger partial charge in [-0.1, -0.05) is 18.2 Å². The van der Waals surface area contributed by atoms with E-state index in [2.05, 4.69) is 27.7 Å². The van der Waals surface area contributed by atoms with Gasteiger partial charge in [0, 0.05) is 57.3 Å². The molecule has 6 heteroatoms. The van der Waals surface area contributed by atoms with Crippen LogP contribution < -0.4 is 15.5 Å². The van der Waals surface area contributed by atoms with Crippen molar-refractivity contribution in [2.45, 2.75) is 38.1 Å². The van der Waals surface area contributed by atoms with Crippen molar-refractivity contribution in [1.82, 2.24) is 15.5 Å². The molecule has 2 saturated heterocycles. The summed E-state index contributed by atoms with van der Waals surface area (Å²) in [6.45, 7) is 4.90. The summed E-state index contributed by atoms with van der Waals surface area (Å²) in [7, 11) is 0. The maximum Gasteiger partial charge on any atom is 0.222 e. The van der Waals surface area contributed by atoms with Crippen LogP contribution in [0.5, 0.6) is 0 Å². The molecule has 0 aliphatic carbocycles. The van der Waals surface area contributed by atoms with E-state index in [9.17, 15) is 9.59 Å². The van der Waals surface area contributed by atoms with Crippen molar-refractivity contribution in [2.24, 2.45) is 0 Å². The van der Waals surface area contributed by atoms with Gasteiger partial charge in [0.15, 0.2) is 0 Å². The van der Waals surface area contributed by atoms with Crippen LogP contribution in [-0.4, -0.2) is 62.0 Å². The summed E-state index contributed by atoms with van der Waals surface area (Å²) in [5.41, 5.74) is 1.22. The maximum atomic E-state index is 12.3. The topological polar surface area (TPSA) is 64.7 Å². The van der Waals surface area contributed by atoms with Crippen LogP contribution in [-0.2, 0) is 9.59 Å². The molecule has 1 aromatic carbocycles. The van der Waals surface area contributed by atoms with E-state index in [1.807, 2.05) is 23.1 Å². The lowest BCUT2D eigenvalue weighted by molar-refractivity contribution is -0.131. The molecule has 2 fully saturated rings. The largest absolute Gasteiger partial charge is 0.368 e. The molecule has 142 valence electrons. The van der Waals surface area contributed by atoms with Gasteiger partial charge < -0.3 is 20.4 Å². The van der Waals surface area contributed by atoms with E-state index in [1.165, 1.54) is 5.69 Å². The molecule has 6 nitrogen and oxygen atoms in total. The fraction of sp³-hybridized carbons (Fsp3) is 0.600. The molecule has 2 N–H and O–H groups in total. The third-order valence-electron chi connectivity index (χ3n) is 5.24. The minimum atomic E-state index is 0.0910. The summed E-state index contributed by atoms with van der Waals surface area (Å²) in [5.74, 6) is 0.290. The summed E-state index contributed by atoms with van der Waals surface area (Å²) in [6, 6.07) is 10.7. The number of benzene rings is 1. The van der Waals surface area contributed by atoms with Crippen LogP contribution in [0.15, 0.2) is 30.3 Å². The minimum Gasteiger partial charge on any atom is -0.368 e. The van der Waals surface area contributed by atoms with Gasteiger partial charge in [-0.25, -0.2) is 0 Å². The molecule has 0 spiro atoms. The number of nitrogens with one attached hydrogen (secondary N) is 2. The molecule has 1 unspecified atom stereocenters. The van der Waals surface area contributed by atoms with E-state index in [4.69, 9.17) is 0 Å². The molecule has 0 bridgehead atoms. The van der Waals surface area contributed by atoms with Crippen LogP contribution in [0.3, 0.4) is 0 Å². The summed E-state index contributed by atoms with van der Waals surface area (Å²) in [6.07, 6.45) is 4.01. The van der Waals surface area contributed by atoms with Gasteiger partial charge in [-0.3, -0.25) is 9.59 Å². The molecule has 0 radical (unpaired) electrons. The molecular weight excluding hydrogens is 328 g/mol. The van der Waals surface area contributed by atoms with Crippen molar-refractivity contribution < 1.29 is 9.59 Å². The zero-order valence-electron chi connectivity index (χ0n) is 15.5. The van der Waals surface area contributed by atoms with E-state index < -0.39 is 0 Å². The zero-order valence-corrected chi connectivity index (χ0v) is 15.5. The Bertz CT molecular complexity index is 579. The standard InChI is InChI=1S/C20H30N4O2/c25-19(16-17-6-4-10-21-17)22-11-5-9-20(26)24-14-12-23(13-15-24)18-7-2-1-3-8-18/h1-3,7-8,17,21H,4-6,9-16H2,(H,22,25). The lowest BCUT2D eigenvalue weighted by Crippen LogP contribution is -2.48. The first-order valence-corrected chi connectivity index (χ1v) is 9.80. The van der Waals surface area contributed by atoms with E-state index in [0.717, 1.165) is 45.6 Å². The molecule has 26 heavy (non-hydrogen) atoms. The molecule has 2 amide bonds. The quantitative estimate of drug-likeness (QED) is 0.723. The summed E-state index contributed by atoms with van der Waals surface area (Å²) in [5, 5.41) is 6.27. The first-order chi connectivity index (χ1) is 12.7. The van der Waals surface area contributed by atoms with Crippen molar-refractivity contribution in [3.63, 3.8) is 0 Å². The predicted molar refractivity (Wildman–Crippen MR) is 103 cm³/mol. The maximum absolute atomic E-state index is 12.3. The van der Waals surface area contributed by atoms with E-state index >= 15 is 0 Å². The first kappa shape index (κ1) is 18.7. The van der Waals surface area contributed by atoms with Crippen LogP contribution in [0.2, 0.25) is 0 Å². The second-order valence-corrected chi connectivity index (χ2v) is 7.15. The third kappa shape index (κ3) is 5.46. The Kier molecular flexibility index (Phi) is 6.89. The summed E-state index contributed by atoms with van der Waals surface area (Å²) in [4.78, 5) is 28.5. The second-order valence-electron chi connectivity index (χ2n) is 7.15. The van der Waals surface area contributed by atoms with Gasteiger partial charge in [-0.15, -0.1) is 0 Å². The van der Waals surface area contributed by atoms with Crippen molar-refractivity contribution in [3.05, 3.63) is 30.3 Å². The highest BCUT2D eigenvalue weighted by molar-refractivity contribution is 5.77. The van der Waals surface area contributed by atoms with Crippen molar-refractivity contribution in [2.75, 3.05) is 44.2 Å². The zero-order chi connectivity index (χ0) is 18.2. The van der Waals surface area contributed by atoms with Gasteiger partial charge in [0.25, 0.3) is 0 Å². The number of para-hydroxylation sites is 1. The van der Waals surface area contributed by atoms with Gasteiger partial charge in [-0.05, 0) is 37.9 Å². The molecule has 0 saturated carbocycles. The Morgan fingerprint density at radius 3 is 2.58 bits per heavy atom. The average Bonchev–Trinajstić information content (AvgIpc) is 3.19.